The van der Waals surface area contributed by atoms with E-state index in [0.29, 0.717) is 11.1 Å². The average Bonchev–Trinajstić information content (AvgIpc) is 2.45. The highest BCUT2D eigenvalue weighted by Crippen LogP contribution is 2.15. The maximum absolute atomic E-state index is 12.3. The van der Waals surface area contributed by atoms with Crippen molar-refractivity contribution < 1.29 is 4.79 Å². The molecule has 0 atom stereocenters. The molecule has 1 rings (SSSR count). The highest BCUT2D eigenvalue weighted by molar-refractivity contribution is 5.97. The van der Waals surface area contributed by atoms with Crippen molar-refractivity contribution in [2.24, 2.45) is 5.73 Å². The second kappa shape index (κ2) is 6.91. The first-order valence-corrected chi connectivity index (χ1v) is 6.51. The molecule has 19 heavy (non-hydrogen) atoms. The first-order chi connectivity index (χ1) is 9.06. The molecule has 0 fully saturated rings. The summed E-state index contributed by atoms with van der Waals surface area (Å²) in [6.07, 6.45) is 4.94. The van der Waals surface area contributed by atoms with Gasteiger partial charge in [0.25, 0.3) is 5.91 Å². The van der Waals surface area contributed by atoms with Crippen molar-refractivity contribution in [2.75, 3.05) is 6.54 Å². The van der Waals surface area contributed by atoms with Crippen molar-refractivity contribution in [1.29, 1.82) is 0 Å². The Kier molecular flexibility index (Phi) is 5.53. The third-order valence-corrected chi connectivity index (χ3v) is 3.37. The van der Waals surface area contributed by atoms with E-state index < -0.39 is 0 Å². The van der Waals surface area contributed by atoms with E-state index in [1.165, 1.54) is 0 Å². The summed E-state index contributed by atoms with van der Waals surface area (Å²) in [5.74, 6) is 5.51. The molecule has 0 saturated carbocycles. The Balaban J connectivity index is 3.00. The number of amides is 1. The molecule has 4 heteroatoms. The predicted molar refractivity (Wildman–Crippen MR) is 76.6 cm³/mol. The summed E-state index contributed by atoms with van der Waals surface area (Å²) >= 11 is 0. The minimum absolute atomic E-state index is 0.116. The van der Waals surface area contributed by atoms with Gasteiger partial charge in [0.2, 0.25) is 0 Å². The molecule has 3 N–H and O–H groups in total. The number of rotatable bonds is 4. The number of aromatic nitrogens is 1. The third kappa shape index (κ3) is 4.08. The molecule has 4 nitrogen and oxygen atoms in total. The van der Waals surface area contributed by atoms with Crippen LogP contribution in [0.15, 0.2) is 18.5 Å². The molecule has 102 valence electrons. The molecule has 1 amide bonds. The molecule has 0 aliphatic carbocycles. The van der Waals surface area contributed by atoms with Gasteiger partial charge >= 0.3 is 0 Å². The van der Waals surface area contributed by atoms with Crippen molar-refractivity contribution in [3.05, 3.63) is 29.6 Å². The number of nitrogens with two attached hydrogens (primary N) is 1. The highest BCUT2D eigenvalue weighted by atomic mass is 16.1. The largest absolute Gasteiger partial charge is 0.347 e. The van der Waals surface area contributed by atoms with Gasteiger partial charge in [-0.1, -0.05) is 25.7 Å². The molecule has 0 aliphatic rings. The van der Waals surface area contributed by atoms with Crippen LogP contribution in [0.1, 0.15) is 49.5 Å². The van der Waals surface area contributed by atoms with E-state index in [4.69, 9.17) is 5.73 Å². The Labute approximate surface area is 114 Å². The van der Waals surface area contributed by atoms with Crippen molar-refractivity contribution in [2.45, 2.75) is 39.2 Å². The Bertz CT molecular complexity index is 496. The van der Waals surface area contributed by atoms with E-state index >= 15 is 0 Å². The van der Waals surface area contributed by atoms with Gasteiger partial charge in [0.1, 0.15) is 0 Å². The summed E-state index contributed by atoms with van der Waals surface area (Å²) in [6.45, 7) is 6.42. The first-order valence-electron chi connectivity index (χ1n) is 6.51. The minimum atomic E-state index is -0.196. The SMILES string of the molecule is CCC(C)(CC)NC(=O)c1ccncc1C#CCN. The van der Waals surface area contributed by atoms with Crippen molar-refractivity contribution in [3.8, 4) is 11.8 Å². The van der Waals surface area contributed by atoms with Gasteiger partial charge in [0.05, 0.1) is 17.7 Å². The molecule has 0 unspecified atom stereocenters. The smallest absolute Gasteiger partial charge is 0.253 e. The van der Waals surface area contributed by atoms with E-state index in [-0.39, 0.29) is 18.0 Å². The Morgan fingerprint density at radius 2 is 2.16 bits per heavy atom. The molecule has 1 aromatic heterocycles. The van der Waals surface area contributed by atoms with Gasteiger partial charge < -0.3 is 11.1 Å². The first kappa shape index (κ1) is 15.2. The van der Waals surface area contributed by atoms with Crippen LogP contribution in [0.5, 0.6) is 0 Å². The summed E-state index contributed by atoms with van der Waals surface area (Å²) in [5.41, 5.74) is 6.31. The van der Waals surface area contributed by atoms with Crippen LogP contribution in [0.2, 0.25) is 0 Å². The van der Waals surface area contributed by atoms with Gasteiger partial charge in [-0.05, 0) is 25.8 Å². The molecule has 0 spiro atoms. The lowest BCUT2D eigenvalue weighted by Crippen LogP contribution is -2.45. The number of hydrogen-bond donors (Lipinski definition) is 2. The summed E-state index contributed by atoms with van der Waals surface area (Å²) in [5, 5.41) is 3.06. The van der Waals surface area contributed by atoms with Gasteiger partial charge in [-0.3, -0.25) is 9.78 Å². The minimum Gasteiger partial charge on any atom is -0.347 e. The van der Waals surface area contributed by atoms with E-state index in [2.05, 4.69) is 36.0 Å². The lowest BCUT2D eigenvalue weighted by molar-refractivity contribution is 0.0900. The maximum Gasteiger partial charge on any atom is 0.253 e. The van der Waals surface area contributed by atoms with E-state index in [1.54, 1.807) is 18.5 Å². The quantitative estimate of drug-likeness (QED) is 0.809. The molecule has 0 bridgehead atoms. The summed E-state index contributed by atoms with van der Waals surface area (Å²) in [6, 6.07) is 1.68. The molecular formula is C15H21N3O. The Morgan fingerprint density at radius 1 is 1.47 bits per heavy atom. The highest BCUT2D eigenvalue weighted by Gasteiger charge is 2.23. The van der Waals surface area contributed by atoms with Crippen molar-refractivity contribution in [3.63, 3.8) is 0 Å². The number of pyridine rings is 1. The number of nitrogens with one attached hydrogen (secondary N) is 1. The van der Waals surface area contributed by atoms with Crippen LogP contribution in [0.4, 0.5) is 0 Å². The summed E-state index contributed by atoms with van der Waals surface area (Å²) in [7, 11) is 0. The van der Waals surface area contributed by atoms with Crippen LogP contribution in [0.25, 0.3) is 0 Å². The second-order valence-electron chi connectivity index (χ2n) is 4.65. The summed E-state index contributed by atoms with van der Waals surface area (Å²) < 4.78 is 0. The van der Waals surface area contributed by atoms with E-state index in [1.807, 2.05) is 6.92 Å². The number of carbonyl (C=O) groups is 1. The molecular weight excluding hydrogens is 238 g/mol. The third-order valence-electron chi connectivity index (χ3n) is 3.37. The molecule has 0 aromatic carbocycles. The van der Waals surface area contributed by atoms with Gasteiger partial charge in [0, 0.05) is 17.9 Å². The maximum atomic E-state index is 12.3. The Morgan fingerprint density at radius 3 is 2.74 bits per heavy atom. The lowest BCUT2D eigenvalue weighted by atomic mass is 9.95. The summed E-state index contributed by atoms with van der Waals surface area (Å²) in [4.78, 5) is 16.3. The van der Waals surface area contributed by atoms with E-state index in [0.717, 1.165) is 12.8 Å². The fourth-order valence-corrected chi connectivity index (χ4v) is 1.61. The normalized spacial score (nSPS) is 10.5. The monoisotopic (exact) mass is 259 g/mol. The van der Waals surface area contributed by atoms with Gasteiger partial charge in [-0.15, -0.1) is 0 Å². The zero-order chi connectivity index (χ0) is 14.3. The van der Waals surface area contributed by atoms with Crippen molar-refractivity contribution >= 4 is 5.91 Å². The van der Waals surface area contributed by atoms with Crippen LogP contribution in [0.3, 0.4) is 0 Å². The number of carbonyl (C=O) groups excluding carboxylic acids is 1. The molecule has 0 saturated heterocycles. The fraction of sp³-hybridized carbons (Fsp3) is 0.467. The van der Waals surface area contributed by atoms with E-state index in [9.17, 15) is 4.79 Å². The zero-order valence-corrected chi connectivity index (χ0v) is 11.8. The van der Waals surface area contributed by atoms with Gasteiger partial charge in [-0.2, -0.15) is 0 Å². The van der Waals surface area contributed by atoms with Crippen LogP contribution in [-0.4, -0.2) is 23.0 Å². The molecule has 1 heterocycles. The number of hydrogen-bond acceptors (Lipinski definition) is 3. The standard InChI is InChI=1S/C15H21N3O/c1-4-15(3,5-2)18-14(19)13-8-10-17-11-12(13)7-6-9-16/h8,10-11H,4-5,9,16H2,1-3H3,(H,18,19). The predicted octanol–water partition coefficient (Wildman–Crippen LogP) is 1.70. The second-order valence-corrected chi connectivity index (χ2v) is 4.65. The van der Waals surface area contributed by atoms with Crippen LogP contribution >= 0.6 is 0 Å². The van der Waals surface area contributed by atoms with Gasteiger partial charge in [-0.25, -0.2) is 0 Å². The van der Waals surface area contributed by atoms with Crippen LogP contribution < -0.4 is 11.1 Å². The van der Waals surface area contributed by atoms with Crippen LogP contribution in [0, 0.1) is 11.8 Å². The van der Waals surface area contributed by atoms with Crippen LogP contribution in [-0.2, 0) is 0 Å². The van der Waals surface area contributed by atoms with Crippen molar-refractivity contribution in [1.82, 2.24) is 10.3 Å². The lowest BCUT2D eigenvalue weighted by Gasteiger charge is -2.28. The molecule has 0 radical (unpaired) electrons. The molecule has 1 aromatic rings. The van der Waals surface area contributed by atoms with Gasteiger partial charge in [0.15, 0.2) is 0 Å². The fourth-order valence-electron chi connectivity index (χ4n) is 1.61. The molecule has 0 aliphatic heterocycles. The Hall–Kier alpha value is -1.86. The number of nitrogens with zero attached hydrogens (tertiary/aromatic N) is 1. The zero-order valence-electron chi connectivity index (χ0n) is 11.8. The topological polar surface area (TPSA) is 68.0 Å². The average molecular weight is 259 g/mol.